The third kappa shape index (κ3) is 5.35. The topological polar surface area (TPSA) is 9.23 Å². The van der Waals surface area contributed by atoms with E-state index in [1.54, 1.807) is 0 Å². The predicted molar refractivity (Wildman–Crippen MR) is 32.4 cm³/mol. The molecule has 1 nitrogen and oxygen atoms in total. The van der Waals surface area contributed by atoms with E-state index < -0.39 is 0 Å². The molecule has 0 heterocycles. The molecule has 0 aromatic rings. The fraction of sp³-hybridized carbons (Fsp3) is 1.00. The Kier molecular flexibility index (Phi) is 4.49. The fourth-order valence-corrected chi connectivity index (χ4v) is 0. The van der Waals surface area contributed by atoms with Crippen LogP contribution in [-0.2, 0) is 4.52 Å². The lowest BCUT2D eigenvalue weighted by Gasteiger charge is -1.89. The molecule has 32 valence electrons. The molecule has 1 unspecified atom stereocenters. The first-order valence-electron chi connectivity index (χ1n) is 0.908. The van der Waals surface area contributed by atoms with E-state index in [0.717, 1.165) is 0 Å². The van der Waals surface area contributed by atoms with Crippen molar-refractivity contribution in [3.63, 3.8) is 0 Å². The average molecular weight is 222 g/mol. The van der Waals surface area contributed by atoms with E-state index in [9.17, 15) is 0 Å². The van der Waals surface area contributed by atoms with E-state index in [2.05, 4.69) is 45.9 Å². The van der Waals surface area contributed by atoms with Gasteiger partial charge in [-0.15, -0.1) is 0 Å². The summed E-state index contributed by atoms with van der Waals surface area (Å²) in [5.74, 6) is 0. The minimum Gasteiger partial charge on any atom is -0.340 e. The highest BCUT2D eigenvalue weighted by Gasteiger charge is 1.84. The van der Waals surface area contributed by atoms with Crippen molar-refractivity contribution in [1.29, 1.82) is 0 Å². The Morgan fingerprint density at radius 1 is 1.60 bits per heavy atom. The number of rotatable bonds is 1. The molecular formula is CH3Br2OP. The lowest BCUT2D eigenvalue weighted by atomic mass is 11.7. The molecule has 0 saturated heterocycles. The lowest BCUT2D eigenvalue weighted by molar-refractivity contribution is 0.444. The minimum absolute atomic E-state index is 0.0278. The van der Waals surface area contributed by atoms with Crippen LogP contribution in [-0.4, -0.2) is 3.92 Å². The molecule has 0 fully saturated rings. The first kappa shape index (κ1) is 6.35. The van der Waals surface area contributed by atoms with Gasteiger partial charge in [0, 0.05) is 9.47 Å². The Balaban J connectivity index is 2.54. The second-order valence-electron chi connectivity index (χ2n) is 0.397. The highest BCUT2D eigenvalue weighted by atomic mass is 79.9. The van der Waals surface area contributed by atoms with Crippen molar-refractivity contribution in [3.05, 3.63) is 0 Å². The number of hydrogen-bond acceptors (Lipinski definition) is 1. The molecule has 0 aliphatic heterocycles. The number of alkyl halides is 2. The second-order valence-corrected chi connectivity index (χ2v) is 3.56. The van der Waals surface area contributed by atoms with Gasteiger partial charge in [0.15, 0.2) is 3.92 Å². The quantitative estimate of drug-likeness (QED) is 0.485. The van der Waals surface area contributed by atoms with Crippen molar-refractivity contribution in [2.24, 2.45) is 0 Å². The normalized spacial score (nSPS) is 9.60. The smallest absolute Gasteiger partial charge is 0.170 e. The number of halogens is 2. The van der Waals surface area contributed by atoms with E-state index in [1.165, 1.54) is 0 Å². The summed E-state index contributed by atoms with van der Waals surface area (Å²) in [7, 11) is 2.10. The molecule has 0 aliphatic carbocycles. The maximum absolute atomic E-state index is 4.50. The van der Waals surface area contributed by atoms with Crippen LogP contribution in [0, 0.1) is 0 Å². The summed E-state index contributed by atoms with van der Waals surface area (Å²) in [6, 6.07) is 0. The van der Waals surface area contributed by atoms with E-state index in [1.807, 2.05) is 0 Å². The van der Waals surface area contributed by atoms with Gasteiger partial charge < -0.3 is 4.52 Å². The summed E-state index contributed by atoms with van der Waals surface area (Å²) in [5, 5.41) is 0. The van der Waals surface area contributed by atoms with Crippen molar-refractivity contribution < 1.29 is 4.52 Å². The largest absolute Gasteiger partial charge is 0.340 e. The van der Waals surface area contributed by atoms with Crippen LogP contribution in [0.15, 0.2) is 0 Å². The molecule has 0 aromatic heterocycles. The summed E-state index contributed by atoms with van der Waals surface area (Å²) < 4.78 is 4.47. The van der Waals surface area contributed by atoms with Gasteiger partial charge in [-0.1, -0.05) is 0 Å². The van der Waals surface area contributed by atoms with Gasteiger partial charge >= 0.3 is 0 Å². The Labute approximate surface area is 50.0 Å². The van der Waals surface area contributed by atoms with Crippen LogP contribution in [0.3, 0.4) is 0 Å². The van der Waals surface area contributed by atoms with Crippen molar-refractivity contribution in [2.45, 2.75) is 3.92 Å². The molecule has 4 heteroatoms. The molecular weight excluding hydrogens is 219 g/mol. The van der Waals surface area contributed by atoms with Gasteiger partial charge in [-0.3, -0.25) is 0 Å². The maximum Gasteiger partial charge on any atom is 0.170 e. The Bertz CT molecular complexity index is 23.6. The van der Waals surface area contributed by atoms with E-state index in [-0.39, 0.29) is 3.92 Å². The van der Waals surface area contributed by atoms with Gasteiger partial charge in [0.1, 0.15) is 0 Å². The van der Waals surface area contributed by atoms with Gasteiger partial charge in [-0.05, 0) is 31.9 Å². The molecule has 0 radical (unpaired) electrons. The monoisotopic (exact) mass is 220 g/mol. The summed E-state index contributed by atoms with van der Waals surface area (Å²) in [4.78, 5) is 0. The zero-order valence-corrected chi connectivity index (χ0v) is 6.65. The number of hydrogen-bond donors (Lipinski definition) is 0. The third-order valence-corrected chi connectivity index (χ3v) is 1.60. The molecule has 0 spiro atoms. The molecule has 0 saturated carbocycles. The SMILES string of the molecule is POC(Br)Br. The van der Waals surface area contributed by atoms with Crippen molar-refractivity contribution in [1.82, 2.24) is 0 Å². The van der Waals surface area contributed by atoms with Crippen LogP contribution >= 0.6 is 41.3 Å². The van der Waals surface area contributed by atoms with Gasteiger partial charge in [0.05, 0.1) is 0 Å². The molecule has 0 rings (SSSR count). The van der Waals surface area contributed by atoms with Crippen molar-refractivity contribution >= 4 is 41.3 Å². The first-order valence-corrected chi connectivity index (χ1v) is 3.21. The van der Waals surface area contributed by atoms with Crippen molar-refractivity contribution in [2.75, 3.05) is 0 Å². The van der Waals surface area contributed by atoms with E-state index >= 15 is 0 Å². The van der Waals surface area contributed by atoms with Crippen molar-refractivity contribution in [3.8, 4) is 0 Å². The zero-order chi connectivity index (χ0) is 4.28. The molecule has 5 heavy (non-hydrogen) atoms. The Morgan fingerprint density at radius 3 is 1.80 bits per heavy atom. The van der Waals surface area contributed by atoms with Crippen LogP contribution < -0.4 is 0 Å². The minimum atomic E-state index is -0.0278. The summed E-state index contributed by atoms with van der Waals surface area (Å²) in [6.07, 6.45) is 0. The standard InChI is InChI=1S/CH3Br2OP/c2-1(3)4-5/h1H,5H2. The zero-order valence-electron chi connectivity index (χ0n) is 2.32. The Morgan fingerprint density at radius 2 is 1.80 bits per heavy atom. The Hall–Kier alpha value is 1.35. The first-order chi connectivity index (χ1) is 2.27. The summed E-state index contributed by atoms with van der Waals surface area (Å²) in [6.45, 7) is 0. The molecule has 0 amide bonds. The van der Waals surface area contributed by atoms with Crippen LogP contribution in [0.2, 0.25) is 0 Å². The molecule has 0 aromatic carbocycles. The molecule has 0 N–H and O–H groups in total. The van der Waals surface area contributed by atoms with E-state index in [0.29, 0.717) is 0 Å². The highest BCUT2D eigenvalue weighted by molar-refractivity contribution is 9.24. The van der Waals surface area contributed by atoms with Crippen LogP contribution in [0.4, 0.5) is 0 Å². The predicted octanol–water partition coefficient (Wildman–Crippen LogP) is 1.87. The van der Waals surface area contributed by atoms with Gasteiger partial charge in [-0.2, -0.15) is 0 Å². The van der Waals surface area contributed by atoms with Crippen LogP contribution in [0.5, 0.6) is 0 Å². The molecule has 0 bridgehead atoms. The van der Waals surface area contributed by atoms with Crippen LogP contribution in [0.1, 0.15) is 0 Å². The highest BCUT2D eigenvalue weighted by Crippen LogP contribution is 2.11. The fourth-order valence-electron chi connectivity index (χ4n) is 0. The molecule has 1 atom stereocenters. The van der Waals surface area contributed by atoms with Gasteiger partial charge in [0.25, 0.3) is 0 Å². The lowest BCUT2D eigenvalue weighted by Crippen LogP contribution is -1.75. The molecule has 0 aliphatic rings. The van der Waals surface area contributed by atoms with Gasteiger partial charge in [0.2, 0.25) is 0 Å². The second kappa shape index (κ2) is 3.54. The maximum atomic E-state index is 4.50. The third-order valence-electron chi connectivity index (χ3n) is 0.103. The average Bonchev–Trinajstić information content (AvgIpc) is 1.38. The van der Waals surface area contributed by atoms with Crippen LogP contribution in [0.25, 0.3) is 0 Å². The summed E-state index contributed by atoms with van der Waals surface area (Å²) >= 11 is 6.09. The van der Waals surface area contributed by atoms with Gasteiger partial charge in [-0.25, -0.2) is 0 Å². The van der Waals surface area contributed by atoms with E-state index in [4.69, 9.17) is 0 Å². The summed E-state index contributed by atoms with van der Waals surface area (Å²) in [5.41, 5.74) is 0.